The normalized spacial score (nSPS) is 15.9. The molecule has 2 heterocycles. The van der Waals surface area contributed by atoms with Gasteiger partial charge >= 0.3 is 5.91 Å². The number of hydrogen-bond acceptors (Lipinski definition) is 8. The molecular formula is C35H28ClN3O4S2. The van der Waals surface area contributed by atoms with E-state index in [2.05, 4.69) is 10.2 Å². The summed E-state index contributed by atoms with van der Waals surface area (Å²) in [5, 5.41) is 21.0. The number of aliphatic hydroxyl groups is 1. The van der Waals surface area contributed by atoms with Crippen LogP contribution in [0, 0.1) is 13.8 Å². The van der Waals surface area contributed by atoms with Gasteiger partial charge in [-0.05, 0) is 72.5 Å². The Labute approximate surface area is 274 Å². The highest BCUT2D eigenvalue weighted by Gasteiger charge is 2.48. The molecule has 0 bridgehead atoms. The number of halogens is 1. The van der Waals surface area contributed by atoms with Crippen molar-refractivity contribution >= 4 is 57.3 Å². The predicted octanol–water partition coefficient (Wildman–Crippen LogP) is 8.31. The van der Waals surface area contributed by atoms with Gasteiger partial charge in [-0.2, -0.15) is 0 Å². The van der Waals surface area contributed by atoms with Crippen molar-refractivity contribution in [1.82, 2.24) is 10.2 Å². The number of rotatable bonds is 9. The maximum atomic E-state index is 13.6. The number of thioether (sulfide) groups is 1. The van der Waals surface area contributed by atoms with E-state index in [9.17, 15) is 14.7 Å². The number of Topliss-reactive ketones (excluding diaryl/α,β-unsaturated/α-hetero) is 1. The summed E-state index contributed by atoms with van der Waals surface area (Å²) in [6, 6.07) is 29.0. The van der Waals surface area contributed by atoms with Gasteiger partial charge in [0, 0.05) is 16.3 Å². The van der Waals surface area contributed by atoms with Crippen molar-refractivity contribution in [2.75, 3.05) is 4.90 Å². The summed E-state index contributed by atoms with van der Waals surface area (Å²) < 4.78 is 6.60. The van der Waals surface area contributed by atoms with Crippen molar-refractivity contribution in [3.63, 3.8) is 0 Å². The molecule has 1 aliphatic rings. The van der Waals surface area contributed by atoms with Gasteiger partial charge in [0.05, 0.1) is 11.6 Å². The molecule has 0 aliphatic carbocycles. The van der Waals surface area contributed by atoms with Crippen molar-refractivity contribution < 1.29 is 19.4 Å². The van der Waals surface area contributed by atoms with E-state index < -0.39 is 17.7 Å². The average Bonchev–Trinajstić information content (AvgIpc) is 3.62. The number of aliphatic hydroxyl groups excluding tert-OH is 1. The number of anilines is 1. The Morgan fingerprint density at radius 2 is 1.64 bits per heavy atom. The largest absolute Gasteiger partial charge is 0.507 e. The average molecular weight is 654 g/mol. The van der Waals surface area contributed by atoms with Crippen molar-refractivity contribution in [2.45, 2.75) is 36.6 Å². The summed E-state index contributed by atoms with van der Waals surface area (Å²) in [5.41, 5.74) is 5.35. The lowest BCUT2D eigenvalue weighted by Crippen LogP contribution is -2.29. The number of benzene rings is 4. The van der Waals surface area contributed by atoms with Gasteiger partial charge in [-0.1, -0.05) is 101 Å². The fourth-order valence-electron chi connectivity index (χ4n) is 4.98. The first-order chi connectivity index (χ1) is 21.8. The third-order valence-corrected chi connectivity index (χ3v) is 9.88. The molecule has 1 aliphatic heterocycles. The molecule has 0 saturated carbocycles. The number of aromatic nitrogens is 2. The maximum absolute atomic E-state index is 13.6. The number of ether oxygens (including phenoxy) is 1. The van der Waals surface area contributed by atoms with Crippen molar-refractivity contribution in [3.05, 3.63) is 141 Å². The molecule has 4 aromatic carbocycles. The van der Waals surface area contributed by atoms with E-state index in [0.29, 0.717) is 38.6 Å². The highest BCUT2D eigenvalue weighted by Crippen LogP contribution is 2.44. The first-order valence-electron chi connectivity index (χ1n) is 14.1. The topological polar surface area (TPSA) is 92.6 Å². The Kier molecular flexibility index (Phi) is 9.02. The van der Waals surface area contributed by atoms with Gasteiger partial charge in [-0.3, -0.25) is 14.5 Å². The van der Waals surface area contributed by atoms with Crippen LogP contribution in [-0.2, 0) is 21.9 Å². The van der Waals surface area contributed by atoms with E-state index in [0.717, 1.165) is 22.3 Å². The predicted molar refractivity (Wildman–Crippen MR) is 179 cm³/mol. The minimum Gasteiger partial charge on any atom is -0.507 e. The Morgan fingerprint density at radius 1 is 0.933 bits per heavy atom. The molecule has 0 spiro atoms. The second-order valence-corrected chi connectivity index (χ2v) is 13.2. The Bertz CT molecular complexity index is 1890. The molecule has 1 saturated heterocycles. The van der Waals surface area contributed by atoms with E-state index >= 15 is 0 Å². The SMILES string of the molecule is Cc1ccc(C2/C(=C(\O)c3ccc(OCc4ccccc4C)cc3)C(=O)C(=O)N2c2nnc(SCc3ccc(Cl)cc3)s2)cc1. The smallest absolute Gasteiger partial charge is 0.301 e. The molecule has 1 N–H and O–H groups in total. The Hall–Kier alpha value is -4.44. The second-order valence-electron chi connectivity index (χ2n) is 10.6. The zero-order valence-electron chi connectivity index (χ0n) is 24.4. The molecule has 1 unspecified atom stereocenters. The van der Waals surface area contributed by atoms with Crippen LogP contribution in [0.5, 0.6) is 5.75 Å². The van der Waals surface area contributed by atoms with E-state index in [-0.39, 0.29) is 16.5 Å². The minimum absolute atomic E-state index is 0.0111. The van der Waals surface area contributed by atoms with Crippen molar-refractivity contribution in [1.29, 1.82) is 0 Å². The van der Waals surface area contributed by atoms with Gasteiger partial charge in [0.15, 0.2) is 4.34 Å². The van der Waals surface area contributed by atoms with Crippen LogP contribution in [0.1, 0.15) is 39.4 Å². The number of amides is 1. The first-order valence-corrected chi connectivity index (χ1v) is 16.3. The van der Waals surface area contributed by atoms with Crippen molar-refractivity contribution in [2.24, 2.45) is 0 Å². The van der Waals surface area contributed by atoms with Crippen LogP contribution in [0.25, 0.3) is 5.76 Å². The Balaban J connectivity index is 1.29. The van der Waals surface area contributed by atoms with Crippen molar-refractivity contribution in [3.8, 4) is 5.75 Å². The lowest BCUT2D eigenvalue weighted by Gasteiger charge is -2.22. The summed E-state index contributed by atoms with van der Waals surface area (Å²) in [4.78, 5) is 28.5. The zero-order valence-corrected chi connectivity index (χ0v) is 26.8. The highest BCUT2D eigenvalue weighted by molar-refractivity contribution is 8.00. The van der Waals surface area contributed by atoms with Crippen LogP contribution in [0.2, 0.25) is 5.02 Å². The summed E-state index contributed by atoms with van der Waals surface area (Å²) >= 11 is 8.70. The van der Waals surface area contributed by atoms with Gasteiger partial charge in [0.1, 0.15) is 18.1 Å². The van der Waals surface area contributed by atoms with E-state index in [1.54, 1.807) is 24.3 Å². The summed E-state index contributed by atoms with van der Waals surface area (Å²) in [6.45, 7) is 4.39. The first kappa shape index (κ1) is 30.6. The maximum Gasteiger partial charge on any atom is 0.301 e. The standard InChI is InChI=1S/C35H28ClN3O4S2/c1-21-7-11-24(12-8-21)30-29(31(40)25-13-17-28(18-14-25)43-19-26-6-4-3-5-22(26)2)32(41)33(42)39(30)34-37-38-35(45-34)44-20-23-9-15-27(36)16-10-23/h3-18,30,40H,19-20H2,1-2H3/b31-29+. The van der Waals surface area contributed by atoms with Gasteiger partial charge < -0.3 is 9.84 Å². The third-order valence-electron chi connectivity index (χ3n) is 7.50. The summed E-state index contributed by atoms with van der Waals surface area (Å²) in [7, 11) is 0. The molecule has 1 amide bonds. The quantitative estimate of drug-likeness (QED) is 0.0562. The summed E-state index contributed by atoms with van der Waals surface area (Å²) in [6.07, 6.45) is 0. The molecule has 45 heavy (non-hydrogen) atoms. The van der Waals surface area contributed by atoms with Crippen LogP contribution >= 0.6 is 34.7 Å². The molecule has 5 aromatic rings. The van der Waals surface area contributed by atoms with E-state index in [1.165, 1.54) is 28.0 Å². The molecule has 0 radical (unpaired) electrons. The minimum atomic E-state index is -0.885. The third kappa shape index (κ3) is 6.66. The number of nitrogens with zero attached hydrogens (tertiary/aromatic N) is 3. The molecule has 1 fully saturated rings. The number of carbonyl (C=O) groups is 2. The van der Waals surface area contributed by atoms with Crippen LogP contribution in [0.3, 0.4) is 0 Å². The van der Waals surface area contributed by atoms with Gasteiger partial charge in [0.2, 0.25) is 5.13 Å². The number of carbonyl (C=O) groups excluding carboxylic acids is 2. The fourth-order valence-corrected chi connectivity index (χ4v) is 6.92. The van der Waals surface area contributed by atoms with Crippen LogP contribution in [0.4, 0.5) is 5.13 Å². The molecule has 1 atom stereocenters. The number of hydrogen-bond donors (Lipinski definition) is 1. The monoisotopic (exact) mass is 653 g/mol. The van der Waals surface area contributed by atoms with Crippen LogP contribution < -0.4 is 9.64 Å². The Morgan fingerprint density at radius 3 is 2.36 bits per heavy atom. The second kappa shape index (κ2) is 13.3. The van der Waals surface area contributed by atoms with Crippen LogP contribution in [-0.4, -0.2) is 27.0 Å². The molecule has 7 nitrogen and oxygen atoms in total. The molecule has 10 heteroatoms. The lowest BCUT2D eigenvalue weighted by molar-refractivity contribution is -0.132. The van der Waals surface area contributed by atoms with E-state index in [1.807, 2.05) is 86.6 Å². The molecule has 1 aromatic heterocycles. The van der Waals surface area contributed by atoms with E-state index in [4.69, 9.17) is 16.3 Å². The number of ketones is 1. The van der Waals surface area contributed by atoms with Gasteiger partial charge in [-0.15, -0.1) is 10.2 Å². The van der Waals surface area contributed by atoms with Gasteiger partial charge in [0.25, 0.3) is 5.78 Å². The molecular weight excluding hydrogens is 626 g/mol. The summed E-state index contributed by atoms with van der Waals surface area (Å²) in [5.74, 6) is -0.581. The number of aryl methyl sites for hydroxylation is 2. The zero-order chi connectivity index (χ0) is 31.5. The lowest BCUT2D eigenvalue weighted by atomic mass is 9.95. The highest BCUT2D eigenvalue weighted by atomic mass is 35.5. The van der Waals surface area contributed by atoms with Crippen LogP contribution in [0.15, 0.2) is 107 Å². The van der Waals surface area contributed by atoms with Gasteiger partial charge in [-0.25, -0.2) is 0 Å². The molecule has 226 valence electrons. The fraction of sp³-hybridized carbons (Fsp3) is 0.143. The molecule has 6 rings (SSSR count).